The first-order valence-corrected chi connectivity index (χ1v) is 10.5. The van der Waals surface area contributed by atoms with Gasteiger partial charge in [-0.3, -0.25) is 14.8 Å². The van der Waals surface area contributed by atoms with E-state index in [-0.39, 0.29) is 5.91 Å². The Bertz CT molecular complexity index is 1120. The van der Waals surface area contributed by atoms with Crippen LogP contribution in [0.2, 0.25) is 0 Å². The average molecular weight is 413 g/mol. The van der Waals surface area contributed by atoms with Crippen molar-refractivity contribution in [1.82, 2.24) is 15.3 Å². The molecule has 0 saturated carbocycles. The predicted molar refractivity (Wildman–Crippen MR) is 124 cm³/mol. The SMILES string of the molecule is C=C1c2ccccc2N(Cc2ccc(C)cn2)C1(C(=O)NC(C)(C)C)c1ccccn1. The Labute approximate surface area is 183 Å². The van der Waals surface area contributed by atoms with Gasteiger partial charge in [-0.25, -0.2) is 0 Å². The number of nitrogens with one attached hydrogen (secondary N) is 1. The lowest BCUT2D eigenvalue weighted by atomic mass is 9.83. The summed E-state index contributed by atoms with van der Waals surface area (Å²) in [5, 5.41) is 3.19. The first kappa shape index (κ1) is 20.8. The van der Waals surface area contributed by atoms with Gasteiger partial charge in [0.1, 0.15) is 0 Å². The highest BCUT2D eigenvalue weighted by Crippen LogP contribution is 2.52. The summed E-state index contributed by atoms with van der Waals surface area (Å²) >= 11 is 0. The van der Waals surface area contributed by atoms with Crippen molar-refractivity contribution < 1.29 is 4.79 Å². The van der Waals surface area contributed by atoms with Gasteiger partial charge in [-0.2, -0.15) is 0 Å². The summed E-state index contributed by atoms with van der Waals surface area (Å²) < 4.78 is 0. The molecule has 3 aromatic rings. The monoisotopic (exact) mass is 412 g/mol. The van der Waals surface area contributed by atoms with Crippen LogP contribution < -0.4 is 10.2 Å². The van der Waals surface area contributed by atoms with Crippen molar-refractivity contribution in [3.63, 3.8) is 0 Å². The summed E-state index contributed by atoms with van der Waals surface area (Å²) in [4.78, 5) is 25.4. The molecule has 1 amide bonds. The van der Waals surface area contributed by atoms with Crippen LogP contribution in [0.1, 0.15) is 43.3 Å². The highest BCUT2D eigenvalue weighted by molar-refractivity contribution is 6.09. The van der Waals surface area contributed by atoms with E-state index in [0.29, 0.717) is 12.2 Å². The number of nitrogens with zero attached hydrogens (tertiary/aromatic N) is 3. The molecule has 0 radical (unpaired) electrons. The lowest BCUT2D eigenvalue weighted by Crippen LogP contribution is -2.58. The van der Waals surface area contributed by atoms with Gasteiger partial charge in [0.15, 0.2) is 5.54 Å². The molecule has 1 aliphatic rings. The minimum atomic E-state index is -1.18. The molecule has 0 spiro atoms. The van der Waals surface area contributed by atoms with E-state index < -0.39 is 11.1 Å². The molecule has 1 N–H and O–H groups in total. The van der Waals surface area contributed by atoms with Crippen LogP contribution in [0, 0.1) is 6.92 Å². The van der Waals surface area contributed by atoms with Crippen molar-refractivity contribution in [2.24, 2.45) is 0 Å². The molecular weight excluding hydrogens is 384 g/mol. The molecule has 31 heavy (non-hydrogen) atoms. The molecule has 0 fully saturated rings. The van der Waals surface area contributed by atoms with Crippen molar-refractivity contribution in [3.8, 4) is 0 Å². The fourth-order valence-electron chi connectivity index (χ4n) is 4.14. The molecule has 0 aliphatic carbocycles. The second-order valence-electron chi connectivity index (χ2n) is 9.04. The fourth-order valence-corrected chi connectivity index (χ4v) is 4.14. The smallest absolute Gasteiger partial charge is 0.257 e. The van der Waals surface area contributed by atoms with Gasteiger partial charge >= 0.3 is 0 Å². The van der Waals surface area contributed by atoms with Gasteiger partial charge in [-0.15, -0.1) is 0 Å². The summed E-state index contributed by atoms with van der Waals surface area (Å²) in [5.74, 6) is -0.146. The number of amides is 1. The van der Waals surface area contributed by atoms with Crippen molar-refractivity contribution in [2.45, 2.75) is 45.3 Å². The van der Waals surface area contributed by atoms with Gasteiger partial charge < -0.3 is 10.2 Å². The summed E-state index contributed by atoms with van der Waals surface area (Å²) in [6.45, 7) is 12.8. The number of para-hydroxylation sites is 1. The van der Waals surface area contributed by atoms with Crippen LogP contribution in [0.4, 0.5) is 5.69 Å². The van der Waals surface area contributed by atoms with Crippen LogP contribution in [0.15, 0.2) is 73.6 Å². The quantitative estimate of drug-likeness (QED) is 0.679. The molecule has 1 aromatic carbocycles. The molecule has 0 saturated heterocycles. The fraction of sp³-hybridized carbons (Fsp3) is 0.269. The molecular formula is C26H28N4O. The van der Waals surface area contributed by atoms with E-state index in [1.165, 1.54) is 0 Å². The van der Waals surface area contributed by atoms with Crippen LogP contribution in [0.5, 0.6) is 0 Å². The predicted octanol–water partition coefficient (Wildman–Crippen LogP) is 4.63. The Morgan fingerprint density at radius 2 is 1.81 bits per heavy atom. The second kappa shape index (κ2) is 7.65. The van der Waals surface area contributed by atoms with Gasteiger partial charge in [-0.1, -0.05) is 36.9 Å². The number of pyridine rings is 2. The van der Waals surface area contributed by atoms with Crippen molar-refractivity contribution in [1.29, 1.82) is 0 Å². The van der Waals surface area contributed by atoms with E-state index in [0.717, 1.165) is 28.1 Å². The summed E-state index contributed by atoms with van der Waals surface area (Å²) in [6.07, 6.45) is 3.57. The number of aromatic nitrogens is 2. The van der Waals surface area contributed by atoms with Crippen LogP contribution in [0.25, 0.3) is 5.57 Å². The van der Waals surface area contributed by atoms with E-state index in [9.17, 15) is 4.79 Å². The largest absolute Gasteiger partial charge is 0.349 e. The Morgan fingerprint density at radius 1 is 1.06 bits per heavy atom. The lowest BCUT2D eigenvalue weighted by molar-refractivity contribution is -0.126. The Balaban J connectivity index is 1.94. The van der Waals surface area contributed by atoms with Crippen LogP contribution in [-0.4, -0.2) is 21.4 Å². The van der Waals surface area contributed by atoms with E-state index in [4.69, 9.17) is 0 Å². The molecule has 1 aliphatic heterocycles. The highest BCUT2D eigenvalue weighted by atomic mass is 16.2. The third kappa shape index (κ3) is 3.61. The topological polar surface area (TPSA) is 58.1 Å². The molecule has 5 heteroatoms. The first-order valence-electron chi connectivity index (χ1n) is 10.5. The normalized spacial score (nSPS) is 18.1. The Kier molecular flexibility index (Phi) is 5.13. The maximum atomic E-state index is 14.0. The number of carbonyl (C=O) groups excluding carboxylic acids is 1. The van der Waals surface area contributed by atoms with E-state index in [2.05, 4.69) is 26.8 Å². The van der Waals surface area contributed by atoms with Crippen molar-refractivity contribution >= 4 is 17.2 Å². The molecule has 2 aromatic heterocycles. The first-order chi connectivity index (χ1) is 14.7. The van der Waals surface area contributed by atoms with E-state index in [1.54, 1.807) is 6.20 Å². The van der Waals surface area contributed by atoms with E-state index >= 15 is 0 Å². The molecule has 3 heterocycles. The number of aryl methyl sites for hydroxylation is 1. The van der Waals surface area contributed by atoms with Crippen molar-refractivity contribution in [3.05, 3.63) is 96.1 Å². The lowest BCUT2D eigenvalue weighted by Gasteiger charge is -2.40. The third-order valence-electron chi connectivity index (χ3n) is 5.51. The number of fused-ring (bicyclic) bond motifs is 1. The Hall–Kier alpha value is -3.47. The number of hydrogen-bond donors (Lipinski definition) is 1. The zero-order chi connectivity index (χ0) is 22.2. The minimum absolute atomic E-state index is 0.146. The Morgan fingerprint density at radius 3 is 2.45 bits per heavy atom. The summed E-state index contributed by atoms with van der Waals surface area (Å²) in [7, 11) is 0. The maximum absolute atomic E-state index is 14.0. The molecule has 4 rings (SSSR count). The highest BCUT2D eigenvalue weighted by Gasteiger charge is 2.55. The van der Waals surface area contributed by atoms with Crippen LogP contribution in [0.3, 0.4) is 0 Å². The number of hydrogen-bond acceptors (Lipinski definition) is 4. The van der Waals surface area contributed by atoms with Gasteiger partial charge in [-0.05, 0) is 63.1 Å². The number of carbonyl (C=O) groups is 1. The molecule has 1 atom stereocenters. The van der Waals surface area contributed by atoms with Gasteiger partial charge in [0.05, 0.1) is 17.9 Å². The van der Waals surface area contributed by atoms with Crippen LogP contribution >= 0.6 is 0 Å². The minimum Gasteiger partial charge on any atom is -0.349 e. The van der Waals surface area contributed by atoms with Gasteiger partial charge in [0.25, 0.3) is 5.91 Å². The van der Waals surface area contributed by atoms with Gasteiger partial charge in [0, 0.05) is 29.2 Å². The number of rotatable bonds is 4. The standard InChI is InChI=1S/C26H28N4O/c1-18-13-14-20(28-16-18)17-30-22-11-7-6-10-21(22)19(2)26(30,23-12-8-9-15-27-23)24(31)29-25(3,4)5/h6-16H,2,17H2,1,3-5H3,(H,29,31). The van der Waals surface area contributed by atoms with Crippen LogP contribution in [-0.2, 0) is 16.9 Å². The average Bonchev–Trinajstić information content (AvgIpc) is 2.98. The number of anilines is 1. The molecule has 1 unspecified atom stereocenters. The molecule has 0 bridgehead atoms. The summed E-state index contributed by atoms with van der Waals surface area (Å²) in [6, 6.07) is 17.7. The third-order valence-corrected chi connectivity index (χ3v) is 5.51. The number of benzene rings is 1. The zero-order valence-electron chi connectivity index (χ0n) is 18.5. The van der Waals surface area contributed by atoms with E-state index in [1.807, 2.05) is 88.5 Å². The van der Waals surface area contributed by atoms with Gasteiger partial charge in [0.2, 0.25) is 0 Å². The van der Waals surface area contributed by atoms with Crippen molar-refractivity contribution in [2.75, 3.05) is 4.90 Å². The molecule has 5 nitrogen and oxygen atoms in total. The zero-order valence-corrected chi connectivity index (χ0v) is 18.5. The molecule has 158 valence electrons. The maximum Gasteiger partial charge on any atom is 0.257 e. The second-order valence-corrected chi connectivity index (χ2v) is 9.04. The summed E-state index contributed by atoms with van der Waals surface area (Å²) in [5.41, 5.74) is 3.64.